The van der Waals surface area contributed by atoms with E-state index in [1.807, 2.05) is 42.5 Å². The van der Waals surface area contributed by atoms with Crippen LogP contribution >= 0.6 is 0 Å². The monoisotopic (exact) mass is 336 g/mol. The zero-order chi connectivity index (χ0) is 17.8. The van der Waals surface area contributed by atoms with Crippen molar-refractivity contribution in [3.05, 3.63) is 81.9 Å². The van der Waals surface area contributed by atoms with Crippen LogP contribution in [0.3, 0.4) is 0 Å². The SMILES string of the molecule is NC(=O)c1ccc([N+](=O)[O-])c(OCCc2cccc3ccccc23)c1. The number of benzene rings is 3. The second-order valence-electron chi connectivity index (χ2n) is 5.54. The number of rotatable bonds is 6. The molecule has 126 valence electrons. The van der Waals surface area contributed by atoms with Crippen LogP contribution in [0.2, 0.25) is 0 Å². The predicted octanol–water partition coefficient (Wildman–Crippen LogP) is 3.47. The third kappa shape index (κ3) is 3.58. The van der Waals surface area contributed by atoms with Crippen LogP contribution in [0.15, 0.2) is 60.7 Å². The van der Waals surface area contributed by atoms with E-state index in [0.717, 1.165) is 16.3 Å². The summed E-state index contributed by atoms with van der Waals surface area (Å²) in [6.45, 7) is 0.247. The molecular weight excluding hydrogens is 320 g/mol. The molecule has 6 nitrogen and oxygen atoms in total. The van der Waals surface area contributed by atoms with Gasteiger partial charge in [-0.15, -0.1) is 0 Å². The Morgan fingerprint density at radius 2 is 1.84 bits per heavy atom. The zero-order valence-corrected chi connectivity index (χ0v) is 13.3. The first-order valence-electron chi connectivity index (χ1n) is 7.74. The highest BCUT2D eigenvalue weighted by atomic mass is 16.6. The van der Waals surface area contributed by atoms with Gasteiger partial charge in [0.1, 0.15) is 0 Å². The van der Waals surface area contributed by atoms with Crippen molar-refractivity contribution in [1.82, 2.24) is 0 Å². The molecule has 0 saturated heterocycles. The average molecular weight is 336 g/mol. The second-order valence-corrected chi connectivity index (χ2v) is 5.54. The lowest BCUT2D eigenvalue weighted by molar-refractivity contribution is -0.385. The van der Waals surface area contributed by atoms with Crippen molar-refractivity contribution in [2.75, 3.05) is 6.61 Å². The minimum atomic E-state index is -0.659. The van der Waals surface area contributed by atoms with E-state index in [-0.39, 0.29) is 23.6 Å². The van der Waals surface area contributed by atoms with E-state index in [4.69, 9.17) is 10.5 Å². The molecule has 3 aromatic rings. The van der Waals surface area contributed by atoms with Gasteiger partial charge in [-0.1, -0.05) is 42.5 Å². The number of primary amides is 1. The smallest absolute Gasteiger partial charge is 0.310 e. The largest absolute Gasteiger partial charge is 0.486 e. The Hall–Kier alpha value is -3.41. The Bertz CT molecular complexity index is 948. The number of nitrogens with two attached hydrogens (primary N) is 1. The van der Waals surface area contributed by atoms with Crippen LogP contribution in [0.25, 0.3) is 10.8 Å². The summed E-state index contributed by atoms with van der Waals surface area (Å²) in [7, 11) is 0. The lowest BCUT2D eigenvalue weighted by Gasteiger charge is -2.10. The van der Waals surface area contributed by atoms with E-state index >= 15 is 0 Å². The van der Waals surface area contributed by atoms with Crippen LogP contribution in [-0.2, 0) is 6.42 Å². The van der Waals surface area contributed by atoms with Crippen molar-refractivity contribution in [1.29, 1.82) is 0 Å². The van der Waals surface area contributed by atoms with Crippen LogP contribution < -0.4 is 10.5 Å². The van der Waals surface area contributed by atoms with Gasteiger partial charge in [0.2, 0.25) is 5.91 Å². The fourth-order valence-corrected chi connectivity index (χ4v) is 2.72. The van der Waals surface area contributed by atoms with E-state index in [1.54, 1.807) is 0 Å². The number of nitrogens with zero attached hydrogens (tertiary/aromatic N) is 1. The summed E-state index contributed by atoms with van der Waals surface area (Å²) in [5, 5.41) is 13.4. The molecule has 6 heteroatoms. The summed E-state index contributed by atoms with van der Waals surface area (Å²) in [6, 6.07) is 17.8. The van der Waals surface area contributed by atoms with Crippen molar-refractivity contribution in [3.8, 4) is 5.75 Å². The van der Waals surface area contributed by atoms with Gasteiger partial charge in [0.15, 0.2) is 5.75 Å². The summed E-state index contributed by atoms with van der Waals surface area (Å²) in [5.74, 6) is -0.615. The van der Waals surface area contributed by atoms with Crippen molar-refractivity contribution in [2.24, 2.45) is 5.73 Å². The Morgan fingerprint density at radius 1 is 1.08 bits per heavy atom. The van der Waals surface area contributed by atoms with Crippen molar-refractivity contribution in [3.63, 3.8) is 0 Å². The fourth-order valence-electron chi connectivity index (χ4n) is 2.72. The van der Waals surface area contributed by atoms with Gasteiger partial charge in [-0.25, -0.2) is 0 Å². The number of ether oxygens (including phenoxy) is 1. The van der Waals surface area contributed by atoms with E-state index in [9.17, 15) is 14.9 Å². The minimum absolute atomic E-state index is 0.0431. The highest BCUT2D eigenvalue weighted by Gasteiger charge is 2.17. The molecule has 2 N–H and O–H groups in total. The molecule has 0 unspecified atom stereocenters. The first-order chi connectivity index (χ1) is 12.1. The molecule has 0 aliphatic heterocycles. The zero-order valence-electron chi connectivity index (χ0n) is 13.3. The molecule has 0 bridgehead atoms. The number of hydrogen-bond donors (Lipinski definition) is 1. The topological polar surface area (TPSA) is 95.5 Å². The predicted molar refractivity (Wildman–Crippen MR) is 94.8 cm³/mol. The maximum Gasteiger partial charge on any atom is 0.310 e. The molecule has 25 heavy (non-hydrogen) atoms. The highest BCUT2D eigenvalue weighted by molar-refractivity contribution is 5.93. The first-order valence-corrected chi connectivity index (χ1v) is 7.74. The Labute approximate surface area is 144 Å². The van der Waals surface area contributed by atoms with Gasteiger partial charge >= 0.3 is 5.69 Å². The molecule has 0 aliphatic rings. The number of carbonyl (C=O) groups is 1. The quantitative estimate of drug-likeness (QED) is 0.551. The van der Waals surface area contributed by atoms with Gasteiger partial charge in [0, 0.05) is 24.1 Å². The Balaban J connectivity index is 1.80. The first kappa shape index (κ1) is 16.4. The van der Waals surface area contributed by atoms with Crippen LogP contribution in [-0.4, -0.2) is 17.4 Å². The number of nitro benzene ring substituents is 1. The maximum absolute atomic E-state index is 11.3. The normalized spacial score (nSPS) is 10.6. The maximum atomic E-state index is 11.3. The van der Waals surface area contributed by atoms with E-state index in [0.29, 0.717) is 6.42 Å². The highest BCUT2D eigenvalue weighted by Crippen LogP contribution is 2.28. The summed E-state index contributed by atoms with van der Waals surface area (Å²) in [4.78, 5) is 21.8. The lowest BCUT2D eigenvalue weighted by Crippen LogP contribution is -2.12. The standard InChI is InChI=1S/C19H16N2O4/c20-19(22)15-8-9-17(21(23)24)18(12-15)25-11-10-14-6-3-5-13-4-1-2-7-16(13)14/h1-9,12H,10-11H2,(H2,20,22). The third-order valence-electron chi connectivity index (χ3n) is 3.95. The van der Waals surface area contributed by atoms with Gasteiger partial charge in [0.25, 0.3) is 0 Å². The fraction of sp³-hybridized carbons (Fsp3) is 0.105. The molecule has 0 saturated carbocycles. The number of nitro groups is 1. The van der Waals surface area contributed by atoms with Gasteiger partial charge in [-0.05, 0) is 22.4 Å². The number of hydrogen-bond acceptors (Lipinski definition) is 4. The van der Waals surface area contributed by atoms with E-state index in [2.05, 4.69) is 0 Å². The van der Waals surface area contributed by atoms with Crippen LogP contribution in [0.1, 0.15) is 15.9 Å². The van der Waals surface area contributed by atoms with Crippen molar-refractivity contribution in [2.45, 2.75) is 6.42 Å². The molecule has 0 fully saturated rings. The van der Waals surface area contributed by atoms with E-state index < -0.39 is 10.8 Å². The molecule has 3 rings (SSSR count). The summed E-state index contributed by atoms with van der Waals surface area (Å²) < 4.78 is 5.59. The number of fused-ring (bicyclic) bond motifs is 1. The lowest BCUT2D eigenvalue weighted by atomic mass is 10.0. The summed E-state index contributed by atoms with van der Waals surface area (Å²) in [5.41, 5.74) is 6.30. The van der Waals surface area contributed by atoms with E-state index in [1.165, 1.54) is 18.2 Å². The van der Waals surface area contributed by atoms with Gasteiger partial charge in [0.05, 0.1) is 11.5 Å². The van der Waals surface area contributed by atoms with Crippen LogP contribution in [0.4, 0.5) is 5.69 Å². The van der Waals surface area contributed by atoms with Crippen LogP contribution in [0, 0.1) is 10.1 Å². The van der Waals surface area contributed by atoms with Crippen molar-refractivity contribution >= 4 is 22.4 Å². The van der Waals surface area contributed by atoms with Gasteiger partial charge in [-0.2, -0.15) is 0 Å². The minimum Gasteiger partial charge on any atom is -0.486 e. The molecule has 0 heterocycles. The number of amides is 1. The molecule has 1 amide bonds. The molecule has 3 aromatic carbocycles. The molecule has 0 aliphatic carbocycles. The van der Waals surface area contributed by atoms with Gasteiger partial charge < -0.3 is 10.5 Å². The molecular formula is C19H16N2O4. The van der Waals surface area contributed by atoms with Crippen molar-refractivity contribution < 1.29 is 14.5 Å². The van der Waals surface area contributed by atoms with Crippen LogP contribution in [0.5, 0.6) is 5.75 Å². The molecule has 0 aromatic heterocycles. The summed E-state index contributed by atoms with van der Waals surface area (Å²) >= 11 is 0. The Kier molecular flexibility index (Phi) is 4.61. The molecule has 0 spiro atoms. The second kappa shape index (κ2) is 7.00. The molecule has 0 atom stereocenters. The third-order valence-corrected chi connectivity index (χ3v) is 3.95. The molecule has 0 radical (unpaired) electrons. The average Bonchev–Trinajstić information content (AvgIpc) is 2.61. The van der Waals surface area contributed by atoms with Gasteiger partial charge in [-0.3, -0.25) is 14.9 Å². The summed E-state index contributed by atoms with van der Waals surface area (Å²) in [6.07, 6.45) is 0.583. The number of carbonyl (C=O) groups excluding carboxylic acids is 1. The Morgan fingerprint density at radius 3 is 2.60 bits per heavy atom.